The molecule has 0 radical (unpaired) electrons. The van der Waals surface area contributed by atoms with Gasteiger partial charge in [-0.15, -0.1) is 0 Å². The van der Waals surface area contributed by atoms with E-state index in [1.165, 1.54) is 11.9 Å². The van der Waals surface area contributed by atoms with Crippen LogP contribution in [0.5, 0.6) is 0 Å². The number of carbonyl (C=O) groups is 1. The van der Waals surface area contributed by atoms with Gasteiger partial charge in [-0.1, -0.05) is 23.2 Å². The van der Waals surface area contributed by atoms with Crippen LogP contribution in [0.4, 0.5) is 0 Å². The molecule has 0 aliphatic carbocycles. The molecule has 1 amide bonds. The molecule has 1 fully saturated rings. The van der Waals surface area contributed by atoms with Crippen molar-refractivity contribution in [2.24, 2.45) is 5.92 Å². The number of rotatable bonds is 4. The number of benzene rings is 1. The van der Waals surface area contributed by atoms with Gasteiger partial charge in [0.25, 0.3) is 0 Å². The quantitative estimate of drug-likeness (QED) is 0.837. The number of hydrogen-bond donors (Lipinski definition) is 2. The van der Waals surface area contributed by atoms with Gasteiger partial charge in [0.05, 0.1) is 0 Å². The molecule has 0 spiro atoms. The Hall–Kier alpha value is -0.420. The van der Waals surface area contributed by atoms with Crippen molar-refractivity contribution in [1.29, 1.82) is 0 Å². The number of nitrogens with one attached hydrogen (secondary N) is 2. The summed E-state index contributed by atoms with van der Waals surface area (Å²) in [5, 5.41) is 4.48. The first-order valence-electron chi connectivity index (χ1n) is 6.22. The van der Waals surface area contributed by atoms with Crippen molar-refractivity contribution in [3.8, 4) is 0 Å². The van der Waals surface area contributed by atoms with Gasteiger partial charge < -0.3 is 5.32 Å². The van der Waals surface area contributed by atoms with Crippen LogP contribution < -0.4 is 10.0 Å². The largest absolute Gasteiger partial charge is 0.317 e. The predicted molar refractivity (Wildman–Crippen MR) is 81.5 cm³/mol. The lowest BCUT2D eigenvalue weighted by molar-refractivity contribution is -0.123. The molecule has 0 aromatic heterocycles. The molecule has 1 aromatic carbocycles. The van der Waals surface area contributed by atoms with Gasteiger partial charge in [0.15, 0.2) is 0 Å². The topological polar surface area (TPSA) is 41.1 Å². The summed E-state index contributed by atoms with van der Waals surface area (Å²) in [7, 11) is 0. The molecule has 1 saturated heterocycles. The Morgan fingerprint density at radius 3 is 2.53 bits per heavy atom. The van der Waals surface area contributed by atoms with Gasteiger partial charge >= 0.3 is 0 Å². The standard InChI is InChI=1S/C13H16Cl2N2OS/c14-11-5-9(6-12(15)7-11)8-19-17-13(18)10-1-3-16-4-2-10/h5-7,10,16H,1-4,8H2,(H,17,18). The van der Waals surface area contributed by atoms with Gasteiger partial charge in [0, 0.05) is 21.7 Å². The molecule has 1 aromatic rings. The van der Waals surface area contributed by atoms with Crippen molar-refractivity contribution in [2.45, 2.75) is 18.6 Å². The maximum atomic E-state index is 11.9. The lowest BCUT2D eigenvalue weighted by Gasteiger charge is -2.21. The summed E-state index contributed by atoms with van der Waals surface area (Å²) in [6, 6.07) is 5.42. The highest BCUT2D eigenvalue weighted by Crippen LogP contribution is 2.22. The maximum Gasteiger partial charge on any atom is 0.233 e. The first-order valence-corrected chi connectivity index (χ1v) is 7.96. The lowest BCUT2D eigenvalue weighted by Crippen LogP contribution is -2.35. The van der Waals surface area contributed by atoms with Crippen LogP contribution in [0.15, 0.2) is 18.2 Å². The average Bonchev–Trinajstić information content (AvgIpc) is 2.38. The molecule has 19 heavy (non-hydrogen) atoms. The van der Waals surface area contributed by atoms with Crippen LogP contribution in [0, 0.1) is 5.92 Å². The SMILES string of the molecule is O=C(NSCc1cc(Cl)cc(Cl)c1)C1CCNCC1. The van der Waals surface area contributed by atoms with Crippen LogP contribution in [0.25, 0.3) is 0 Å². The zero-order valence-electron chi connectivity index (χ0n) is 10.4. The molecule has 0 unspecified atom stereocenters. The van der Waals surface area contributed by atoms with Crippen LogP contribution in [-0.2, 0) is 10.5 Å². The molecule has 104 valence electrons. The van der Waals surface area contributed by atoms with E-state index >= 15 is 0 Å². The molecule has 0 saturated carbocycles. The fourth-order valence-corrected chi connectivity index (χ4v) is 3.34. The predicted octanol–water partition coefficient (Wildman–Crippen LogP) is 3.26. The van der Waals surface area contributed by atoms with Gasteiger partial charge in [0.1, 0.15) is 0 Å². The normalized spacial score (nSPS) is 16.3. The van der Waals surface area contributed by atoms with Crippen LogP contribution in [0.2, 0.25) is 10.0 Å². The third kappa shape index (κ3) is 4.88. The second-order valence-corrected chi connectivity index (χ2v) is 6.21. The van der Waals surface area contributed by atoms with E-state index in [1.807, 2.05) is 12.1 Å². The van der Waals surface area contributed by atoms with Gasteiger partial charge in [-0.3, -0.25) is 9.52 Å². The van der Waals surface area contributed by atoms with E-state index in [-0.39, 0.29) is 11.8 Å². The highest BCUT2D eigenvalue weighted by Gasteiger charge is 2.20. The van der Waals surface area contributed by atoms with Gasteiger partial charge in [-0.25, -0.2) is 0 Å². The minimum absolute atomic E-state index is 0.125. The Balaban J connectivity index is 1.77. The van der Waals surface area contributed by atoms with E-state index in [9.17, 15) is 4.79 Å². The van der Waals surface area contributed by atoms with E-state index in [0.29, 0.717) is 15.8 Å². The first kappa shape index (κ1) is 15.0. The van der Waals surface area contributed by atoms with Crippen molar-refractivity contribution >= 4 is 41.1 Å². The zero-order valence-corrected chi connectivity index (χ0v) is 12.7. The van der Waals surface area contributed by atoms with Crippen molar-refractivity contribution in [3.05, 3.63) is 33.8 Å². The first-order chi connectivity index (χ1) is 9.15. The lowest BCUT2D eigenvalue weighted by atomic mass is 9.98. The Labute approximate surface area is 127 Å². The smallest absolute Gasteiger partial charge is 0.233 e. The molecular weight excluding hydrogens is 303 g/mol. The van der Waals surface area contributed by atoms with Gasteiger partial charge in [0.2, 0.25) is 5.91 Å². The zero-order chi connectivity index (χ0) is 13.7. The Morgan fingerprint density at radius 1 is 1.26 bits per heavy atom. The summed E-state index contributed by atoms with van der Waals surface area (Å²) in [6.45, 7) is 1.85. The fourth-order valence-electron chi connectivity index (χ4n) is 2.05. The molecule has 1 heterocycles. The molecule has 2 rings (SSSR count). The molecule has 1 aliphatic rings. The number of hydrogen-bond acceptors (Lipinski definition) is 3. The van der Waals surface area contributed by atoms with Crippen molar-refractivity contribution < 1.29 is 4.79 Å². The summed E-state index contributed by atoms with van der Waals surface area (Å²) in [6.07, 6.45) is 1.82. The second-order valence-electron chi connectivity index (χ2n) is 4.56. The van der Waals surface area contributed by atoms with E-state index in [4.69, 9.17) is 23.2 Å². The number of carbonyl (C=O) groups excluding carboxylic acids is 1. The molecule has 2 N–H and O–H groups in total. The summed E-state index contributed by atoms with van der Waals surface area (Å²) >= 11 is 13.2. The van der Waals surface area contributed by atoms with Crippen molar-refractivity contribution in [1.82, 2.24) is 10.0 Å². The monoisotopic (exact) mass is 318 g/mol. The number of halogens is 2. The highest BCUT2D eigenvalue weighted by atomic mass is 35.5. The minimum Gasteiger partial charge on any atom is -0.317 e. The number of amides is 1. The average molecular weight is 319 g/mol. The van der Waals surface area contributed by atoms with E-state index in [1.54, 1.807) is 6.07 Å². The van der Waals surface area contributed by atoms with Crippen molar-refractivity contribution in [3.63, 3.8) is 0 Å². The molecule has 1 aliphatic heterocycles. The maximum absolute atomic E-state index is 11.9. The Morgan fingerprint density at radius 2 is 1.89 bits per heavy atom. The fraction of sp³-hybridized carbons (Fsp3) is 0.462. The van der Waals surface area contributed by atoms with Crippen molar-refractivity contribution in [2.75, 3.05) is 13.1 Å². The van der Waals surface area contributed by atoms with Crippen LogP contribution in [0.1, 0.15) is 18.4 Å². The number of piperidine rings is 1. The van der Waals surface area contributed by atoms with Crippen LogP contribution in [-0.4, -0.2) is 19.0 Å². The molecule has 6 heteroatoms. The van der Waals surface area contributed by atoms with Crippen LogP contribution >= 0.6 is 35.1 Å². The Kier molecular flexibility index (Phi) is 5.82. The molecule has 0 atom stereocenters. The second kappa shape index (κ2) is 7.39. The van der Waals surface area contributed by atoms with E-state index in [0.717, 1.165) is 31.5 Å². The van der Waals surface area contributed by atoms with Crippen LogP contribution in [0.3, 0.4) is 0 Å². The van der Waals surface area contributed by atoms with Gasteiger partial charge in [-0.05, 0) is 61.6 Å². The molecular formula is C13H16Cl2N2OS. The van der Waals surface area contributed by atoms with E-state index in [2.05, 4.69) is 10.0 Å². The van der Waals surface area contributed by atoms with Gasteiger partial charge in [-0.2, -0.15) is 0 Å². The summed E-state index contributed by atoms with van der Waals surface area (Å²) in [5.41, 5.74) is 1.01. The summed E-state index contributed by atoms with van der Waals surface area (Å²) < 4.78 is 2.90. The summed E-state index contributed by atoms with van der Waals surface area (Å²) in [5.74, 6) is 0.924. The molecule has 3 nitrogen and oxygen atoms in total. The molecule has 0 bridgehead atoms. The Bertz CT molecular complexity index is 430. The summed E-state index contributed by atoms with van der Waals surface area (Å²) in [4.78, 5) is 11.9. The van der Waals surface area contributed by atoms with E-state index < -0.39 is 0 Å². The third-order valence-electron chi connectivity index (χ3n) is 3.04. The highest BCUT2D eigenvalue weighted by molar-refractivity contribution is 7.97. The third-order valence-corrected chi connectivity index (χ3v) is 4.30. The minimum atomic E-state index is 0.125.